The van der Waals surface area contributed by atoms with Crippen molar-refractivity contribution in [2.24, 2.45) is 0 Å². The van der Waals surface area contributed by atoms with Gasteiger partial charge in [-0.15, -0.1) is 0 Å². The monoisotopic (exact) mass is 208 g/mol. The second-order valence-corrected chi connectivity index (χ2v) is 4.14. The Kier molecular flexibility index (Phi) is 1.83. The molecule has 0 aliphatic carbocycles. The minimum atomic E-state index is 0.756. The lowest BCUT2D eigenvalue weighted by Crippen LogP contribution is -1.87. The average Bonchev–Trinajstić information content (AvgIpc) is 2.26. The van der Waals surface area contributed by atoms with Crippen LogP contribution in [-0.4, -0.2) is 4.98 Å². The molecule has 0 saturated heterocycles. The highest BCUT2D eigenvalue weighted by Gasteiger charge is 2.00. The number of fused-ring (bicyclic) bond motifs is 2. The van der Waals surface area contributed by atoms with Crippen molar-refractivity contribution in [1.82, 2.24) is 4.98 Å². The zero-order chi connectivity index (χ0) is 11.1. The SMILES string of the molecule is Cc1ccc2cc3ccc(N)cc3nc2c1. The number of aryl methyl sites for hydroxylation is 1. The van der Waals surface area contributed by atoms with Crippen molar-refractivity contribution in [3.05, 3.63) is 48.0 Å². The molecule has 2 N–H and O–H groups in total. The highest BCUT2D eigenvalue weighted by Crippen LogP contribution is 2.22. The highest BCUT2D eigenvalue weighted by molar-refractivity contribution is 5.93. The number of anilines is 1. The lowest BCUT2D eigenvalue weighted by molar-refractivity contribution is 1.44. The second-order valence-electron chi connectivity index (χ2n) is 4.14. The third-order valence-electron chi connectivity index (χ3n) is 2.79. The maximum Gasteiger partial charge on any atom is 0.0730 e. The molecule has 2 nitrogen and oxygen atoms in total. The summed E-state index contributed by atoms with van der Waals surface area (Å²) < 4.78 is 0. The molecule has 2 aromatic carbocycles. The predicted molar refractivity (Wildman–Crippen MR) is 68.4 cm³/mol. The van der Waals surface area contributed by atoms with E-state index in [0.29, 0.717) is 0 Å². The Hall–Kier alpha value is -2.09. The first-order valence-electron chi connectivity index (χ1n) is 5.29. The summed E-state index contributed by atoms with van der Waals surface area (Å²) in [5, 5.41) is 2.30. The predicted octanol–water partition coefficient (Wildman–Crippen LogP) is 3.28. The van der Waals surface area contributed by atoms with Crippen LogP contribution in [0.3, 0.4) is 0 Å². The van der Waals surface area contributed by atoms with E-state index in [0.717, 1.165) is 22.1 Å². The fraction of sp³-hybridized carbons (Fsp3) is 0.0714. The van der Waals surface area contributed by atoms with Gasteiger partial charge < -0.3 is 5.73 Å². The summed E-state index contributed by atoms with van der Waals surface area (Å²) in [4.78, 5) is 4.62. The first kappa shape index (κ1) is 9.16. The van der Waals surface area contributed by atoms with Gasteiger partial charge >= 0.3 is 0 Å². The number of hydrogen-bond donors (Lipinski definition) is 1. The summed E-state index contributed by atoms with van der Waals surface area (Å²) in [7, 11) is 0. The van der Waals surface area contributed by atoms with Crippen LogP contribution in [0.25, 0.3) is 21.8 Å². The van der Waals surface area contributed by atoms with E-state index in [1.54, 1.807) is 0 Å². The Labute approximate surface area is 93.7 Å². The van der Waals surface area contributed by atoms with E-state index in [1.807, 2.05) is 18.2 Å². The van der Waals surface area contributed by atoms with E-state index in [4.69, 9.17) is 5.73 Å². The molecule has 3 aromatic rings. The largest absolute Gasteiger partial charge is 0.399 e. The van der Waals surface area contributed by atoms with Gasteiger partial charge in [0.2, 0.25) is 0 Å². The van der Waals surface area contributed by atoms with E-state index in [9.17, 15) is 0 Å². The van der Waals surface area contributed by atoms with E-state index in [1.165, 1.54) is 10.9 Å². The summed E-state index contributed by atoms with van der Waals surface area (Å²) in [6, 6.07) is 14.3. The van der Waals surface area contributed by atoms with Crippen LogP contribution in [0, 0.1) is 6.92 Å². The Morgan fingerprint density at radius 3 is 2.38 bits per heavy atom. The minimum Gasteiger partial charge on any atom is -0.399 e. The standard InChI is InChI=1S/C14H12N2/c1-9-2-3-10-7-11-4-5-12(15)8-14(11)16-13(10)6-9/h2-8H,15H2,1H3. The first-order valence-corrected chi connectivity index (χ1v) is 5.29. The molecule has 2 heteroatoms. The van der Waals surface area contributed by atoms with Crippen LogP contribution < -0.4 is 5.73 Å². The van der Waals surface area contributed by atoms with Crippen molar-refractivity contribution in [1.29, 1.82) is 0 Å². The molecule has 16 heavy (non-hydrogen) atoms. The zero-order valence-corrected chi connectivity index (χ0v) is 9.07. The summed E-state index contributed by atoms with van der Waals surface area (Å²) in [6.45, 7) is 2.07. The van der Waals surface area contributed by atoms with Crippen LogP contribution in [0.4, 0.5) is 5.69 Å². The van der Waals surface area contributed by atoms with Gasteiger partial charge in [-0.05, 0) is 36.8 Å². The molecule has 0 unspecified atom stereocenters. The van der Waals surface area contributed by atoms with Gasteiger partial charge in [0.25, 0.3) is 0 Å². The Morgan fingerprint density at radius 1 is 0.875 bits per heavy atom. The Morgan fingerprint density at radius 2 is 1.56 bits per heavy atom. The van der Waals surface area contributed by atoms with Gasteiger partial charge in [0.1, 0.15) is 0 Å². The number of rotatable bonds is 0. The molecule has 0 radical (unpaired) electrons. The van der Waals surface area contributed by atoms with E-state index in [2.05, 4.69) is 36.2 Å². The number of nitrogens with zero attached hydrogens (tertiary/aromatic N) is 1. The Bertz CT molecular complexity index is 630. The number of aromatic nitrogens is 1. The van der Waals surface area contributed by atoms with E-state index < -0.39 is 0 Å². The smallest absolute Gasteiger partial charge is 0.0730 e. The summed E-state index contributed by atoms with van der Waals surface area (Å²) in [5.41, 5.74) is 9.72. The molecule has 3 rings (SSSR count). The molecule has 1 aromatic heterocycles. The quantitative estimate of drug-likeness (QED) is 0.455. The van der Waals surface area contributed by atoms with Crippen molar-refractivity contribution in [3.8, 4) is 0 Å². The summed E-state index contributed by atoms with van der Waals surface area (Å²) >= 11 is 0. The van der Waals surface area contributed by atoms with Crippen LogP contribution in [0.15, 0.2) is 42.5 Å². The summed E-state index contributed by atoms with van der Waals surface area (Å²) in [6.07, 6.45) is 0. The van der Waals surface area contributed by atoms with Crippen LogP contribution >= 0.6 is 0 Å². The third-order valence-corrected chi connectivity index (χ3v) is 2.79. The molecule has 0 spiro atoms. The molecular formula is C14H12N2. The maximum atomic E-state index is 5.76. The van der Waals surface area contributed by atoms with Crippen molar-refractivity contribution < 1.29 is 0 Å². The number of nitrogens with two attached hydrogens (primary N) is 1. The molecule has 0 bridgehead atoms. The van der Waals surface area contributed by atoms with Crippen molar-refractivity contribution in [2.45, 2.75) is 6.92 Å². The van der Waals surface area contributed by atoms with Gasteiger partial charge in [0, 0.05) is 16.5 Å². The molecule has 0 amide bonds. The average molecular weight is 208 g/mol. The molecule has 0 saturated carbocycles. The molecule has 0 atom stereocenters. The minimum absolute atomic E-state index is 0.756. The second kappa shape index (κ2) is 3.20. The van der Waals surface area contributed by atoms with Gasteiger partial charge in [-0.25, -0.2) is 4.98 Å². The lowest BCUT2D eigenvalue weighted by Gasteiger charge is -2.03. The van der Waals surface area contributed by atoms with Gasteiger partial charge in [-0.1, -0.05) is 18.2 Å². The first-order chi connectivity index (χ1) is 7.72. The normalized spacial score (nSPS) is 11.1. The number of pyridine rings is 1. The van der Waals surface area contributed by atoms with Crippen molar-refractivity contribution in [3.63, 3.8) is 0 Å². The zero-order valence-electron chi connectivity index (χ0n) is 9.07. The molecule has 0 fully saturated rings. The third kappa shape index (κ3) is 1.39. The fourth-order valence-corrected chi connectivity index (χ4v) is 1.95. The van der Waals surface area contributed by atoms with Crippen LogP contribution in [0.2, 0.25) is 0 Å². The summed E-state index contributed by atoms with van der Waals surface area (Å²) in [5.74, 6) is 0. The van der Waals surface area contributed by atoms with E-state index >= 15 is 0 Å². The molecule has 0 aliphatic rings. The lowest BCUT2D eigenvalue weighted by atomic mass is 10.1. The number of benzene rings is 2. The number of nitrogen functional groups attached to an aromatic ring is 1. The molecule has 0 aliphatic heterocycles. The maximum absolute atomic E-state index is 5.76. The van der Waals surface area contributed by atoms with Crippen molar-refractivity contribution >= 4 is 27.5 Å². The number of hydrogen-bond acceptors (Lipinski definition) is 2. The van der Waals surface area contributed by atoms with Crippen LogP contribution in [0.5, 0.6) is 0 Å². The molecule has 1 heterocycles. The molecular weight excluding hydrogens is 196 g/mol. The fourth-order valence-electron chi connectivity index (χ4n) is 1.95. The van der Waals surface area contributed by atoms with Gasteiger partial charge in [-0.2, -0.15) is 0 Å². The van der Waals surface area contributed by atoms with Gasteiger partial charge in [0.15, 0.2) is 0 Å². The van der Waals surface area contributed by atoms with Crippen molar-refractivity contribution in [2.75, 3.05) is 5.73 Å². The highest BCUT2D eigenvalue weighted by atomic mass is 14.7. The van der Waals surface area contributed by atoms with Crippen LogP contribution in [0.1, 0.15) is 5.56 Å². The van der Waals surface area contributed by atoms with E-state index in [-0.39, 0.29) is 0 Å². The molecule has 78 valence electrons. The topological polar surface area (TPSA) is 38.9 Å². The Balaban J connectivity index is 2.44. The van der Waals surface area contributed by atoms with Gasteiger partial charge in [0.05, 0.1) is 11.0 Å². The van der Waals surface area contributed by atoms with Gasteiger partial charge in [-0.3, -0.25) is 0 Å². The van der Waals surface area contributed by atoms with Crippen LogP contribution in [-0.2, 0) is 0 Å².